The molecule has 0 aromatic heterocycles. The maximum absolute atomic E-state index is 12.1. The monoisotopic (exact) mass is 239 g/mol. The van der Waals surface area contributed by atoms with E-state index in [-0.39, 0.29) is 23.7 Å². The number of hydrogen-bond acceptors (Lipinski definition) is 2. The summed E-state index contributed by atoms with van der Waals surface area (Å²) in [5, 5.41) is 8.64. The third-order valence-electron chi connectivity index (χ3n) is 4.18. The van der Waals surface area contributed by atoms with Crippen molar-refractivity contribution in [3.8, 4) is 0 Å². The van der Waals surface area contributed by atoms with Crippen molar-refractivity contribution in [3.05, 3.63) is 0 Å². The van der Waals surface area contributed by atoms with Crippen LogP contribution in [0.1, 0.15) is 39.5 Å². The lowest BCUT2D eigenvalue weighted by Crippen LogP contribution is -2.31. The number of rotatable bonds is 4. The number of likely N-dealkylation sites (tertiary alicyclic amines) is 1. The number of carbonyl (C=O) groups is 2. The lowest BCUT2D eigenvalue weighted by Gasteiger charge is -2.17. The normalized spacial score (nSPS) is 30.4. The van der Waals surface area contributed by atoms with Crippen molar-refractivity contribution in [1.82, 2.24) is 4.90 Å². The standard InChI is InChI=1S/C13H21NO3/c1-13(2)7-10(13)12(17)14-6-5-9(8-14)3-4-11(15)16/h9-10H,3-8H2,1-2H3,(H,15,16). The molecule has 2 unspecified atom stereocenters. The Labute approximate surface area is 102 Å². The second-order valence-electron chi connectivity index (χ2n) is 6.12. The summed E-state index contributed by atoms with van der Waals surface area (Å²) >= 11 is 0. The van der Waals surface area contributed by atoms with Crippen molar-refractivity contribution >= 4 is 11.9 Å². The largest absolute Gasteiger partial charge is 0.481 e. The molecule has 2 atom stereocenters. The fourth-order valence-electron chi connectivity index (χ4n) is 2.71. The summed E-state index contributed by atoms with van der Waals surface area (Å²) in [6, 6.07) is 0. The van der Waals surface area contributed by atoms with Crippen molar-refractivity contribution < 1.29 is 14.7 Å². The van der Waals surface area contributed by atoms with E-state index in [9.17, 15) is 9.59 Å². The highest BCUT2D eigenvalue weighted by atomic mass is 16.4. The molecule has 2 fully saturated rings. The maximum Gasteiger partial charge on any atom is 0.303 e. The zero-order valence-electron chi connectivity index (χ0n) is 10.6. The van der Waals surface area contributed by atoms with Crippen LogP contribution >= 0.6 is 0 Å². The van der Waals surface area contributed by atoms with Crippen LogP contribution in [0, 0.1) is 17.3 Å². The first-order valence-corrected chi connectivity index (χ1v) is 6.41. The lowest BCUT2D eigenvalue weighted by molar-refractivity contribution is -0.137. The van der Waals surface area contributed by atoms with Crippen molar-refractivity contribution in [3.63, 3.8) is 0 Å². The van der Waals surface area contributed by atoms with Crippen LogP contribution in [0.3, 0.4) is 0 Å². The van der Waals surface area contributed by atoms with Gasteiger partial charge in [-0.2, -0.15) is 0 Å². The molecule has 1 amide bonds. The van der Waals surface area contributed by atoms with Crippen molar-refractivity contribution in [2.45, 2.75) is 39.5 Å². The average Bonchev–Trinajstić information content (AvgIpc) is 2.70. The minimum absolute atomic E-state index is 0.191. The number of hydrogen-bond donors (Lipinski definition) is 1. The Morgan fingerprint density at radius 1 is 1.41 bits per heavy atom. The van der Waals surface area contributed by atoms with Crippen molar-refractivity contribution in [1.29, 1.82) is 0 Å². The van der Waals surface area contributed by atoms with Crippen LogP contribution in [0.2, 0.25) is 0 Å². The Bertz CT molecular complexity index is 338. The van der Waals surface area contributed by atoms with E-state index in [1.54, 1.807) is 0 Å². The Morgan fingerprint density at radius 3 is 2.59 bits per heavy atom. The second kappa shape index (κ2) is 4.31. The van der Waals surface area contributed by atoms with E-state index in [0.29, 0.717) is 12.3 Å². The van der Waals surface area contributed by atoms with E-state index in [1.807, 2.05) is 4.90 Å². The van der Waals surface area contributed by atoms with Gasteiger partial charge in [0.2, 0.25) is 5.91 Å². The minimum Gasteiger partial charge on any atom is -0.481 e. The fourth-order valence-corrected chi connectivity index (χ4v) is 2.71. The number of carboxylic acid groups (broad SMARTS) is 1. The van der Waals surface area contributed by atoms with E-state index in [2.05, 4.69) is 13.8 Å². The molecule has 0 radical (unpaired) electrons. The molecule has 4 nitrogen and oxygen atoms in total. The molecule has 4 heteroatoms. The lowest BCUT2D eigenvalue weighted by atomic mass is 10.0. The van der Waals surface area contributed by atoms with Gasteiger partial charge < -0.3 is 10.0 Å². The SMILES string of the molecule is CC1(C)CC1C(=O)N1CCC(CCC(=O)O)C1. The molecular formula is C13H21NO3. The summed E-state index contributed by atoms with van der Waals surface area (Å²) in [6.45, 7) is 5.84. The molecule has 2 rings (SSSR count). The van der Waals surface area contributed by atoms with Gasteiger partial charge in [-0.1, -0.05) is 13.8 Å². The summed E-state index contributed by atoms with van der Waals surface area (Å²) in [6.07, 6.45) is 2.89. The summed E-state index contributed by atoms with van der Waals surface area (Å²) in [5.41, 5.74) is 0.191. The highest BCUT2D eigenvalue weighted by Crippen LogP contribution is 2.52. The summed E-state index contributed by atoms with van der Waals surface area (Å²) in [4.78, 5) is 24.5. The first kappa shape index (κ1) is 12.4. The predicted octanol–water partition coefficient (Wildman–Crippen LogP) is 1.75. The molecule has 1 aliphatic heterocycles. The Morgan fingerprint density at radius 2 is 2.06 bits per heavy atom. The van der Waals surface area contributed by atoms with E-state index in [0.717, 1.165) is 25.9 Å². The maximum atomic E-state index is 12.1. The molecule has 1 N–H and O–H groups in total. The quantitative estimate of drug-likeness (QED) is 0.813. The van der Waals surface area contributed by atoms with Gasteiger partial charge in [0, 0.05) is 25.4 Å². The smallest absolute Gasteiger partial charge is 0.303 e. The third kappa shape index (κ3) is 2.79. The molecule has 96 valence electrons. The predicted molar refractivity (Wildman–Crippen MR) is 63.4 cm³/mol. The number of nitrogens with zero attached hydrogens (tertiary/aromatic N) is 1. The zero-order valence-corrected chi connectivity index (χ0v) is 10.6. The van der Waals surface area contributed by atoms with Gasteiger partial charge in [0.1, 0.15) is 0 Å². The van der Waals surface area contributed by atoms with Crippen LogP contribution in [0.5, 0.6) is 0 Å². The number of carbonyl (C=O) groups excluding carboxylic acids is 1. The van der Waals surface area contributed by atoms with Gasteiger partial charge in [-0.25, -0.2) is 0 Å². The average molecular weight is 239 g/mol. The van der Waals surface area contributed by atoms with E-state index in [4.69, 9.17) is 5.11 Å². The second-order valence-corrected chi connectivity index (χ2v) is 6.12. The van der Waals surface area contributed by atoms with Gasteiger partial charge in [-0.15, -0.1) is 0 Å². The Hall–Kier alpha value is -1.06. The third-order valence-corrected chi connectivity index (χ3v) is 4.18. The Balaban J connectivity index is 1.78. The molecule has 1 heterocycles. The van der Waals surface area contributed by atoms with Gasteiger partial charge in [-0.3, -0.25) is 9.59 Å². The molecule has 1 saturated heterocycles. The van der Waals surface area contributed by atoms with Crippen molar-refractivity contribution in [2.24, 2.45) is 17.3 Å². The number of amides is 1. The highest BCUT2D eigenvalue weighted by molar-refractivity contribution is 5.82. The van der Waals surface area contributed by atoms with Crippen LogP contribution in [-0.4, -0.2) is 35.0 Å². The van der Waals surface area contributed by atoms with Crippen LogP contribution in [0.15, 0.2) is 0 Å². The van der Waals surface area contributed by atoms with E-state index >= 15 is 0 Å². The molecule has 1 saturated carbocycles. The molecule has 1 aliphatic carbocycles. The number of aliphatic carboxylic acids is 1. The van der Waals surface area contributed by atoms with Gasteiger partial charge in [0.25, 0.3) is 0 Å². The molecular weight excluding hydrogens is 218 g/mol. The molecule has 0 spiro atoms. The van der Waals surface area contributed by atoms with Crippen LogP contribution < -0.4 is 0 Å². The molecule has 0 bridgehead atoms. The van der Waals surface area contributed by atoms with Crippen LogP contribution in [0.25, 0.3) is 0 Å². The Kier molecular flexibility index (Phi) is 3.15. The first-order valence-electron chi connectivity index (χ1n) is 6.41. The van der Waals surface area contributed by atoms with Gasteiger partial charge >= 0.3 is 5.97 Å². The van der Waals surface area contributed by atoms with E-state index < -0.39 is 5.97 Å². The van der Waals surface area contributed by atoms with E-state index in [1.165, 1.54) is 0 Å². The summed E-state index contributed by atoms with van der Waals surface area (Å²) < 4.78 is 0. The fraction of sp³-hybridized carbons (Fsp3) is 0.846. The van der Waals surface area contributed by atoms with Gasteiger partial charge in [0.05, 0.1) is 0 Å². The van der Waals surface area contributed by atoms with Crippen LogP contribution in [0.4, 0.5) is 0 Å². The minimum atomic E-state index is -0.738. The molecule has 0 aromatic carbocycles. The van der Waals surface area contributed by atoms with Crippen LogP contribution in [-0.2, 0) is 9.59 Å². The first-order chi connectivity index (χ1) is 7.90. The summed E-state index contributed by atoms with van der Waals surface area (Å²) in [5.74, 6) is 0.142. The number of carboxylic acids is 1. The van der Waals surface area contributed by atoms with Gasteiger partial charge in [-0.05, 0) is 30.6 Å². The topological polar surface area (TPSA) is 57.6 Å². The van der Waals surface area contributed by atoms with Crippen molar-refractivity contribution in [2.75, 3.05) is 13.1 Å². The molecule has 0 aromatic rings. The zero-order chi connectivity index (χ0) is 12.6. The molecule has 17 heavy (non-hydrogen) atoms. The van der Waals surface area contributed by atoms with Gasteiger partial charge in [0.15, 0.2) is 0 Å². The summed E-state index contributed by atoms with van der Waals surface area (Å²) in [7, 11) is 0. The highest BCUT2D eigenvalue weighted by Gasteiger charge is 2.52. The molecule has 2 aliphatic rings.